The van der Waals surface area contributed by atoms with Gasteiger partial charge in [-0.1, -0.05) is 12.1 Å². The van der Waals surface area contributed by atoms with E-state index in [-0.39, 0.29) is 11.9 Å². The van der Waals surface area contributed by atoms with Crippen LogP contribution in [0.15, 0.2) is 47.3 Å². The minimum absolute atomic E-state index is 0.0344. The number of carbonyl (C=O) groups is 1. The number of nitrogens with zero attached hydrogens (tertiary/aromatic N) is 1. The minimum atomic E-state index is -0.123. The summed E-state index contributed by atoms with van der Waals surface area (Å²) in [6, 6.07) is 9.69. The number of amides is 1. The van der Waals surface area contributed by atoms with Gasteiger partial charge < -0.3 is 9.73 Å². The average molecular weight is 286 g/mol. The number of hydrogen-bond donors (Lipinski definition) is 1. The highest BCUT2D eigenvalue weighted by Gasteiger charge is 2.14. The maximum absolute atomic E-state index is 12.2. The van der Waals surface area contributed by atoms with Crippen LogP contribution in [0.4, 0.5) is 0 Å². The van der Waals surface area contributed by atoms with E-state index < -0.39 is 0 Å². The summed E-state index contributed by atoms with van der Waals surface area (Å²) in [5, 5.41) is 3.47. The van der Waals surface area contributed by atoms with Gasteiger partial charge in [0, 0.05) is 6.04 Å². The van der Waals surface area contributed by atoms with E-state index in [0.29, 0.717) is 5.01 Å². The van der Waals surface area contributed by atoms with E-state index in [1.54, 1.807) is 12.5 Å². The first-order valence-corrected chi connectivity index (χ1v) is 7.21. The van der Waals surface area contributed by atoms with Gasteiger partial charge in [0.25, 0.3) is 5.91 Å². The lowest BCUT2D eigenvalue weighted by Gasteiger charge is -2.11. The summed E-state index contributed by atoms with van der Waals surface area (Å²) in [5.41, 5.74) is 1.94. The molecule has 3 rings (SSSR count). The predicted octanol–water partition coefficient (Wildman–Crippen LogP) is 3.25. The molecule has 0 bridgehead atoms. The van der Waals surface area contributed by atoms with Crippen LogP contribution >= 0.6 is 11.3 Å². The molecule has 1 atom stereocenters. The molecule has 3 aromatic rings. The summed E-state index contributed by atoms with van der Waals surface area (Å²) in [6.45, 7) is 1.97. The van der Waals surface area contributed by atoms with E-state index in [1.165, 1.54) is 11.3 Å². The fourth-order valence-electron chi connectivity index (χ4n) is 2.07. The maximum atomic E-state index is 12.2. The van der Waals surface area contributed by atoms with Gasteiger partial charge >= 0.3 is 0 Å². The van der Waals surface area contributed by atoms with Gasteiger partial charge in [-0.15, -0.1) is 11.3 Å². The van der Waals surface area contributed by atoms with Crippen LogP contribution in [0.3, 0.4) is 0 Å². The van der Waals surface area contributed by atoms with Crippen LogP contribution < -0.4 is 5.32 Å². The van der Waals surface area contributed by atoms with E-state index in [9.17, 15) is 4.79 Å². The van der Waals surface area contributed by atoms with Gasteiger partial charge in [0.1, 0.15) is 0 Å². The Hall–Kier alpha value is -2.14. The first-order chi connectivity index (χ1) is 9.72. The van der Waals surface area contributed by atoms with Crippen molar-refractivity contribution < 1.29 is 9.21 Å². The third-order valence-electron chi connectivity index (χ3n) is 2.99. The number of furan rings is 1. The molecule has 0 aliphatic heterocycles. The van der Waals surface area contributed by atoms with Crippen molar-refractivity contribution in [1.82, 2.24) is 10.3 Å². The van der Waals surface area contributed by atoms with Crippen molar-refractivity contribution in [3.8, 4) is 0 Å². The second kappa shape index (κ2) is 5.46. The van der Waals surface area contributed by atoms with Crippen LogP contribution in [0.5, 0.6) is 0 Å². The Morgan fingerprint density at radius 2 is 2.25 bits per heavy atom. The summed E-state index contributed by atoms with van der Waals surface area (Å²) in [6.07, 6.45) is 4.07. The first kappa shape index (κ1) is 12.9. The lowest BCUT2D eigenvalue weighted by molar-refractivity contribution is 0.0940. The van der Waals surface area contributed by atoms with E-state index in [1.807, 2.05) is 37.3 Å². The van der Waals surface area contributed by atoms with Crippen molar-refractivity contribution in [3.63, 3.8) is 0 Å². The Morgan fingerprint density at radius 3 is 3.00 bits per heavy atom. The lowest BCUT2D eigenvalue weighted by Crippen LogP contribution is -2.33. The number of nitrogens with one attached hydrogen (secondary N) is 1. The van der Waals surface area contributed by atoms with Crippen LogP contribution in [0.1, 0.15) is 22.3 Å². The van der Waals surface area contributed by atoms with Crippen molar-refractivity contribution in [2.45, 2.75) is 19.4 Å². The molecule has 1 N–H and O–H groups in total. The van der Waals surface area contributed by atoms with Crippen LogP contribution in [0.2, 0.25) is 0 Å². The molecule has 0 saturated carbocycles. The Bertz CT molecular complexity index is 685. The highest BCUT2D eigenvalue weighted by molar-refractivity contribution is 7.20. The molecule has 102 valence electrons. The number of aromatic nitrogens is 1. The maximum Gasteiger partial charge on any atom is 0.280 e. The summed E-state index contributed by atoms with van der Waals surface area (Å²) >= 11 is 1.41. The largest absolute Gasteiger partial charge is 0.472 e. The van der Waals surface area contributed by atoms with Crippen LogP contribution in [-0.2, 0) is 6.42 Å². The van der Waals surface area contributed by atoms with Crippen LogP contribution in [0.25, 0.3) is 10.2 Å². The molecule has 0 spiro atoms. The Morgan fingerprint density at radius 1 is 1.40 bits per heavy atom. The van der Waals surface area contributed by atoms with Crippen molar-refractivity contribution in [2.75, 3.05) is 0 Å². The summed E-state index contributed by atoms with van der Waals surface area (Å²) in [5.74, 6) is -0.123. The molecular formula is C15H14N2O2S. The number of hydrogen-bond acceptors (Lipinski definition) is 4. The standard InChI is InChI=1S/C15H14N2O2S/c1-10(8-11-6-7-19-9-11)16-14(18)15-17-12-4-2-3-5-13(12)20-15/h2-7,9-10H,8H2,1H3,(H,16,18)/t10-/m0/s1. The van der Waals surface area contributed by atoms with Gasteiger partial charge in [0.05, 0.1) is 22.7 Å². The number of carbonyl (C=O) groups excluding carboxylic acids is 1. The second-order valence-corrected chi connectivity index (χ2v) is 5.73. The number of rotatable bonds is 4. The molecule has 0 aliphatic rings. The van der Waals surface area contributed by atoms with E-state index >= 15 is 0 Å². The van der Waals surface area contributed by atoms with E-state index in [0.717, 1.165) is 22.2 Å². The van der Waals surface area contributed by atoms with Crippen LogP contribution in [-0.4, -0.2) is 16.9 Å². The molecule has 0 fully saturated rings. The van der Waals surface area contributed by atoms with Gasteiger partial charge in [-0.25, -0.2) is 4.98 Å². The molecule has 0 saturated heterocycles. The van der Waals surface area contributed by atoms with Gasteiger partial charge in [0.2, 0.25) is 0 Å². The molecule has 0 unspecified atom stereocenters. The highest BCUT2D eigenvalue weighted by atomic mass is 32.1. The van der Waals surface area contributed by atoms with E-state index in [4.69, 9.17) is 4.42 Å². The van der Waals surface area contributed by atoms with Crippen molar-refractivity contribution in [3.05, 3.63) is 53.4 Å². The zero-order chi connectivity index (χ0) is 13.9. The molecule has 2 aromatic heterocycles. The molecule has 1 aromatic carbocycles. The molecule has 5 heteroatoms. The molecule has 1 amide bonds. The second-order valence-electron chi connectivity index (χ2n) is 4.70. The number of para-hydroxylation sites is 1. The normalized spacial score (nSPS) is 12.4. The molecule has 0 aliphatic carbocycles. The fraction of sp³-hybridized carbons (Fsp3) is 0.200. The molecule has 0 radical (unpaired) electrons. The van der Waals surface area contributed by atoms with Gasteiger partial charge in [-0.2, -0.15) is 0 Å². The van der Waals surface area contributed by atoms with Crippen molar-refractivity contribution in [1.29, 1.82) is 0 Å². The van der Waals surface area contributed by atoms with Crippen molar-refractivity contribution >= 4 is 27.5 Å². The summed E-state index contributed by atoms with van der Waals surface area (Å²) in [4.78, 5) is 16.5. The zero-order valence-corrected chi connectivity index (χ0v) is 11.8. The van der Waals surface area contributed by atoms with E-state index in [2.05, 4.69) is 10.3 Å². The highest BCUT2D eigenvalue weighted by Crippen LogP contribution is 2.21. The molecule has 20 heavy (non-hydrogen) atoms. The molecule has 4 nitrogen and oxygen atoms in total. The quantitative estimate of drug-likeness (QED) is 0.801. The third-order valence-corrected chi connectivity index (χ3v) is 4.02. The zero-order valence-electron chi connectivity index (χ0n) is 11.0. The lowest BCUT2D eigenvalue weighted by atomic mass is 10.1. The summed E-state index contributed by atoms with van der Waals surface area (Å²) in [7, 11) is 0. The van der Waals surface area contributed by atoms with Crippen LogP contribution in [0, 0.1) is 0 Å². The van der Waals surface area contributed by atoms with Crippen molar-refractivity contribution in [2.24, 2.45) is 0 Å². The minimum Gasteiger partial charge on any atom is -0.472 e. The van der Waals surface area contributed by atoms with Gasteiger partial charge in [0.15, 0.2) is 5.01 Å². The smallest absolute Gasteiger partial charge is 0.280 e. The average Bonchev–Trinajstić information content (AvgIpc) is 3.06. The Balaban J connectivity index is 1.69. The van der Waals surface area contributed by atoms with Gasteiger partial charge in [-0.05, 0) is 37.1 Å². The number of thiazole rings is 1. The summed E-state index contributed by atoms with van der Waals surface area (Å²) < 4.78 is 6.05. The molecule has 2 heterocycles. The monoisotopic (exact) mass is 286 g/mol. The van der Waals surface area contributed by atoms with Gasteiger partial charge in [-0.3, -0.25) is 4.79 Å². The third kappa shape index (κ3) is 2.72. The predicted molar refractivity (Wildman–Crippen MR) is 79.0 cm³/mol. The molecular weight excluding hydrogens is 272 g/mol. The SMILES string of the molecule is C[C@@H](Cc1ccoc1)NC(=O)c1nc2ccccc2s1. The topological polar surface area (TPSA) is 55.1 Å². The Kier molecular flexibility index (Phi) is 3.52. The Labute approximate surface area is 120 Å². The number of fused-ring (bicyclic) bond motifs is 1. The first-order valence-electron chi connectivity index (χ1n) is 6.40. The number of benzene rings is 1. The fourth-order valence-corrected chi connectivity index (χ4v) is 2.94.